The Hall–Kier alpha value is -0.620. The third kappa shape index (κ3) is 2.48. The Kier molecular flexibility index (Phi) is 4.44. The number of halogens is 1. The molecule has 0 heterocycles. The minimum atomic E-state index is -3.18. The number of sulfone groups is 1. The van der Waals surface area contributed by atoms with Crippen molar-refractivity contribution in [3.05, 3.63) is 34.9 Å². The lowest BCUT2D eigenvalue weighted by atomic mass is 10.00. The highest BCUT2D eigenvalue weighted by Gasteiger charge is 2.69. The molecule has 1 saturated carbocycles. The van der Waals surface area contributed by atoms with Gasteiger partial charge in [0.1, 0.15) is 0 Å². The predicted octanol–water partition coefficient (Wildman–Crippen LogP) is 1.83. The lowest BCUT2D eigenvalue weighted by Crippen LogP contribution is -2.28. The van der Waals surface area contributed by atoms with Crippen molar-refractivity contribution in [2.24, 2.45) is 11.1 Å². The molecule has 0 bridgehead atoms. The minimum absolute atomic E-state index is 0.111. The first-order valence-electron chi connectivity index (χ1n) is 6.59. The van der Waals surface area contributed by atoms with E-state index in [1.165, 1.54) is 0 Å². The van der Waals surface area contributed by atoms with Crippen LogP contribution in [0.3, 0.4) is 0 Å². The molecule has 0 radical (unpaired) electrons. The van der Waals surface area contributed by atoms with Crippen LogP contribution in [0.5, 0.6) is 0 Å². The van der Waals surface area contributed by atoms with Crippen molar-refractivity contribution >= 4 is 21.4 Å². The number of rotatable bonds is 6. The van der Waals surface area contributed by atoms with E-state index in [4.69, 9.17) is 22.1 Å². The lowest BCUT2D eigenvalue weighted by molar-refractivity contribution is 0.142. The van der Waals surface area contributed by atoms with Gasteiger partial charge in [-0.05, 0) is 17.7 Å². The van der Waals surface area contributed by atoms with Crippen LogP contribution in [0.1, 0.15) is 18.4 Å². The quantitative estimate of drug-likeness (QED) is 0.869. The molecule has 112 valence electrons. The molecule has 0 amide bonds. The molecule has 6 heteroatoms. The second-order valence-corrected chi connectivity index (χ2v) is 8.12. The molecule has 20 heavy (non-hydrogen) atoms. The number of benzene rings is 1. The zero-order chi connectivity index (χ0) is 15.0. The summed E-state index contributed by atoms with van der Waals surface area (Å²) in [5.74, 6) is -0.0312. The summed E-state index contributed by atoms with van der Waals surface area (Å²) in [6.45, 7) is 2.28. The minimum Gasteiger partial charge on any atom is -0.384 e. The van der Waals surface area contributed by atoms with Gasteiger partial charge in [0, 0.05) is 35.8 Å². The first-order valence-corrected chi connectivity index (χ1v) is 8.68. The van der Waals surface area contributed by atoms with Crippen LogP contribution in [-0.2, 0) is 14.6 Å². The maximum absolute atomic E-state index is 12.3. The Balaban J connectivity index is 2.45. The molecular weight excluding hydrogens is 298 g/mol. The van der Waals surface area contributed by atoms with Crippen LogP contribution >= 0.6 is 11.6 Å². The fourth-order valence-electron chi connectivity index (χ4n) is 3.15. The van der Waals surface area contributed by atoms with E-state index >= 15 is 0 Å². The van der Waals surface area contributed by atoms with E-state index in [1.54, 1.807) is 20.1 Å². The van der Waals surface area contributed by atoms with Crippen LogP contribution in [0.2, 0.25) is 5.02 Å². The normalized spacial score (nSPS) is 29.4. The van der Waals surface area contributed by atoms with Crippen molar-refractivity contribution in [1.82, 2.24) is 0 Å². The van der Waals surface area contributed by atoms with Crippen molar-refractivity contribution in [1.29, 1.82) is 0 Å². The smallest absolute Gasteiger partial charge is 0.154 e. The van der Waals surface area contributed by atoms with Gasteiger partial charge in [-0.25, -0.2) is 8.42 Å². The van der Waals surface area contributed by atoms with Crippen molar-refractivity contribution in [2.45, 2.75) is 18.1 Å². The number of ether oxygens (including phenoxy) is 1. The van der Waals surface area contributed by atoms with E-state index in [0.717, 1.165) is 5.56 Å². The number of hydrogen-bond donors (Lipinski definition) is 1. The average molecular weight is 318 g/mol. The van der Waals surface area contributed by atoms with Crippen LogP contribution in [0.15, 0.2) is 24.3 Å². The second-order valence-electron chi connectivity index (χ2n) is 5.28. The molecule has 1 aliphatic rings. The van der Waals surface area contributed by atoms with Gasteiger partial charge in [-0.2, -0.15) is 0 Å². The Morgan fingerprint density at radius 3 is 2.65 bits per heavy atom. The molecule has 0 unspecified atom stereocenters. The van der Waals surface area contributed by atoms with Gasteiger partial charge in [-0.1, -0.05) is 30.7 Å². The molecule has 1 aromatic carbocycles. The third-order valence-corrected chi connectivity index (χ3v) is 6.73. The molecule has 1 fully saturated rings. The van der Waals surface area contributed by atoms with E-state index in [9.17, 15) is 8.42 Å². The molecule has 2 rings (SSSR count). The standard InChI is InChI=1S/C14H20ClNO3S/c1-3-20(17,18)13-12(14(13,8-16)9-19-2)10-5-4-6-11(15)7-10/h4-7,12-13H,3,8-9,16H2,1-2H3/t12-,13-,14+/m1/s1. The van der Waals surface area contributed by atoms with E-state index in [2.05, 4.69) is 0 Å². The summed E-state index contributed by atoms with van der Waals surface area (Å²) >= 11 is 6.01. The third-order valence-electron chi connectivity index (χ3n) is 4.17. The Morgan fingerprint density at radius 2 is 2.15 bits per heavy atom. The van der Waals surface area contributed by atoms with Crippen LogP contribution < -0.4 is 5.73 Å². The zero-order valence-corrected chi connectivity index (χ0v) is 13.2. The molecule has 1 aliphatic carbocycles. The largest absolute Gasteiger partial charge is 0.384 e. The van der Waals surface area contributed by atoms with Crippen LogP contribution in [0, 0.1) is 5.41 Å². The molecular formula is C14H20ClNO3S. The Morgan fingerprint density at radius 1 is 1.45 bits per heavy atom. The predicted molar refractivity (Wildman–Crippen MR) is 80.8 cm³/mol. The Bertz CT molecular complexity index is 590. The fourth-order valence-corrected chi connectivity index (χ4v) is 5.50. The van der Waals surface area contributed by atoms with Crippen molar-refractivity contribution < 1.29 is 13.2 Å². The van der Waals surface area contributed by atoms with Gasteiger partial charge in [0.2, 0.25) is 0 Å². The van der Waals surface area contributed by atoms with E-state index in [1.807, 2.05) is 18.2 Å². The summed E-state index contributed by atoms with van der Waals surface area (Å²) < 4.78 is 29.9. The molecule has 3 atom stereocenters. The van der Waals surface area contributed by atoms with Crippen LogP contribution in [-0.4, -0.2) is 39.7 Å². The molecule has 0 spiro atoms. The number of hydrogen-bond acceptors (Lipinski definition) is 4. The highest BCUT2D eigenvalue weighted by atomic mass is 35.5. The van der Waals surface area contributed by atoms with Crippen LogP contribution in [0.25, 0.3) is 0 Å². The maximum atomic E-state index is 12.3. The Labute approximate surface area is 125 Å². The van der Waals surface area contributed by atoms with Gasteiger partial charge in [0.25, 0.3) is 0 Å². The van der Waals surface area contributed by atoms with Gasteiger partial charge in [0.05, 0.1) is 11.9 Å². The summed E-state index contributed by atoms with van der Waals surface area (Å²) in [4.78, 5) is 0. The summed E-state index contributed by atoms with van der Waals surface area (Å²) in [5.41, 5.74) is 6.27. The fraction of sp³-hybridized carbons (Fsp3) is 0.571. The van der Waals surface area contributed by atoms with E-state index < -0.39 is 20.5 Å². The molecule has 0 aromatic heterocycles. The van der Waals surface area contributed by atoms with Crippen LogP contribution in [0.4, 0.5) is 0 Å². The molecule has 0 saturated heterocycles. The molecule has 2 N–H and O–H groups in total. The number of nitrogens with two attached hydrogens (primary N) is 1. The van der Waals surface area contributed by atoms with Gasteiger partial charge in [-0.15, -0.1) is 0 Å². The van der Waals surface area contributed by atoms with Crippen molar-refractivity contribution in [3.63, 3.8) is 0 Å². The summed E-state index contributed by atoms with van der Waals surface area (Å²) in [6, 6.07) is 7.33. The molecule has 0 aliphatic heterocycles. The molecule has 4 nitrogen and oxygen atoms in total. The highest BCUT2D eigenvalue weighted by Crippen LogP contribution is 2.62. The maximum Gasteiger partial charge on any atom is 0.154 e. The summed E-state index contributed by atoms with van der Waals surface area (Å²) in [6.07, 6.45) is 0. The lowest BCUT2D eigenvalue weighted by Gasteiger charge is -2.14. The molecule has 1 aromatic rings. The number of methoxy groups -OCH3 is 1. The first kappa shape index (κ1) is 15.8. The van der Waals surface area contributed by atoms with Gasteiger partial charge >= 0.3 is 0 Å². The zero-order valence-electron chi connectivity index (χ0n) is 11.7. The first-order chi connectivity index (χ1) is 9.43. The summed E-state index contributed by atoms with van der Waals surface area (Å²) in [5, 5.41) is 0.119. The monoisotopic (exact) mass is 317 g/mol. The van der Waals surface area contributed by atoms with Gasteiger partial charge in [0.15, 0.2) is 9.84 Å². The van der Waals surface area contributed by atoms with Crippen molar-refractivity contribution in [3.8, 4) is 0 Å². The van der Waals surface area contributed by atoms with E-state index in [-0.39, 0.29) is 18.2 Å². The van der Waals surface area contributed by atoms with E-state index in [0.29, 0.717) is 11.6 Å². The summed E-state index contributed by atoms with van der Waals surface area (Å²) in [7, 11) is -1.61. The van der Waals surface area contributed by atoms with Gasteiger partial charge in [-0.3, -0.25) is 0 Å². The highest BCUT2D eigenvalue weighted by molar-refractivity contribution is 7.92. The average Bonchev–Trinajstić information content (AvgIpc) is 3.09. The topological polar surface area (TPSA) is 69.4 Å². The van der Waals surface area contributed by atoms with Gasteiger partial charge < -0.3 is 10.5 Å². The SMILES string of the molecule is CCS(=O)(=O)[C@@H]1[C@@H](c2cccc(Cl)c2)[C@]1(CN)COC. The van der Waals surface area contributed by atoms with Crippen molar-refractivity contribution in [2.75, 3.05) is 26.0 Å². The second kappa shape index (κ2) is 5.64.